The lowest BCUT2D eigenvalue weighted by Gasteiger charge is -2.27. The number of likely N-dealkylation sites (tertiary alicyclic amines) is 1. The first kappa shape index (κ1) is 17.9. The Balaban J connectivity index is 2.16. The molecule has 0 radical (unpaired) electrons. The van der Waals surface area contributed by atoms with E-state index >= 15 is 0 Å². The van der Waals surface area contributed by atoms with E-state index in [0.29, 0.717) is 40.1 Å². The van der Waals surface area contributed by atoms with Crippen LogP contribution in [0.2, 0.25) is 0 Å². The maximum atomic E-state index is 12.9. The van der Waals surface area contributed by atoms with Gasteiger partial charge in [-0.15, -0.1) is 0 Å². The van der Waals surface area contributed by atoms with Crippen LogP contribution in [-0.4, -0.2) is 35.1 Å². The first-order valence-electron chi connectivity index (χ1n) is 8.80. The van der Waals surface area contributed by atoms with Gasteiger partial charge in [-0.1, -0.05) is 25.6 Å². The predicted molar refractivity (Wildman–Crippen MR) is 103 cm³/mol. The molecule has 6 heteroatoms. The fourth-order valence-corrected chi connectivity index (χ4v) is 3.58. The van der Waals surface area contributed by atoms with Crippen LogP contribution < -0.4 is 10.7 Å². The van der Waals surface area contributed by atoms with Gasteiger partial charge in [0.25, 0.3) is 0 Å². The number of piperidine rings is 1. The van der Waals surface area contributed by atoms with E-state index in [2.05, 4.69) is 10.2 Å². The predicted octanol–water partition coefficient (Wildman–Crippen LogP) is 2.94. The molecule has 2 N–H and O–H groups in total. The van der Waals surface area contributed by atoms with E-state index in [1.165, 1.54) is 12.7 Å². The summed E-state index contributed by atoms with van der Waals surface area (Å²) in [6.07, 6.45) is 5.62. The number of fused-ring (bicyclic) bond motifs is 1. The lowest BCUT2D eigenvalue weighted by atomic mass is 10.00. The van der Waals surface area contributed by atoms with Crippen molar-refractivity contribution in [3.05, 3.63) is 39.2 Å². The van der Waals surface area contributed by atoms with E-state index < -0.39 is 0 Å². The van der Waals surface area contributed by atoms with Crippen LogP contribution >= 0.6 is 12.2 Å². The van der Waals surface area contributed by atoms with Crippen LogP contribution in [-0.2, 0) is 13.0 Å². The normalized spacial score (nSPS) is 15.4. The zero-order valence-electron chi connectivity index (χ0n) is 14.7. The number of thiocarbonyl (C=S) groups is 1. The second-order valence-corrected chi connectivity index (χ2v) is 6.90. The summed E-state index contributed by atoms with van der Waals surface area (Å²) in [6, 6.07) is 1.73. The number of hydrogen-bond acceptors (Lipinski definition) is 5. The maximum Gasteiger partial charge on any atom is 0.202 e. The third kappa shape index (κ3) is 3.41. The second kappa shape index (κ2) is 7.54. The van der Waals surface area contributed by atoms with E-state index in [4.69, 9.17) is 16.6 Å². The minimum atomic E-state index is -0.157. The molecule has 0 unspecified atom stereocenters. The Bertz CT molecular complexity index is 854. The van der Waals surface area contributed by atoms with Gasteiger partial charge in [0.2, 0.25) is 5.43 Å². The van der Waals surface area contributed by atoms with Crippen molar-refractivity contribution in [2.75, 3.05) is 20.1 Å². The summed E-state index contributed by atoms with van der Waals surface area (Å²) in [4.78, 5) is 15.5. The molecule has 0 saturated carbocycles. The Labute approximate surface area is 152 Å². The molecule has 0 spiro atoms. The van der Waals surface area contributed by atoms with Crippen LogP contribution in [0.1, 0.15) is 42.9 Å². The minimum absolute atomic E-state index is 0.157. The van der Waals surface area contributed by atoms with Crippen LogP contribution in [0.15, 0.2) is 21.5 Å². The third-order valence-corrected chi connectivity index (χ3v) is 5.32. The molecule has 0 amide bonds. The highest BCUT2D eigenvalue weighted by molar-refractivity contribution is 7.80. The number of phenolic OH excluding ortho intramolecular Hbond substituents is 1. The van der Waals surface area contributed by atoms with Gasteiger partial charge in [-0.25, -0.2) is 0 Å². The SMILES string of the molecule is CCc1cc2c(=O)c(C(=S)NC)coc2c(CN2CCCCC2)c1O. The van der Waals surface area contributed by atoms with Gasteiger partial charge in [-0.2, -0.15) is 0 Å². The molecule has 0 aliphatic carbocycles. The Kier molecular flexibility index (Phi) is 5.39. The summed E-state index contributed by atoms with van der Waals surface area (Å²) in [5.74, 6) is 0.243. The van der Waals surface area contributed by atoms with Crippen LogP contribution in [0, 0.1) is 0 Å². The highest BCUT2D eigenvalue weighted by atomic mass is 32.1. The van der Waals surface area contributed by atoms with Crippen molar-refractivity contribution in [1.29, 1.82) is 0 Å². The van der Waals surface area contributed by atoms with Crippen LogP contribution in [0.4, 0.5) is 0 Å². The first-order valence-corrected chi connectivity index (χ1v) is 9.21. The van der Waals surface area contributed by atoms with Crippen molar-refractivity contribution < 1.29 is 9.52 Å². The van der Waals surface area contributed by atoms with E-state index in [0.717, 1.165) is 31.5 Å². The monoisotopic (exact) mass is 360 g/mol. The van der Waals surface area contributed by atoms with Crippen molar-refractivity contribution in [3.63, 3.8) is 0 Å². The number of nitrogens with zero attached hydrogens (tertiary/aromatic N) is 1. The minimum Gasteiger partial charge on any atom is -0.507 e. The molecule has 3 rings (SSSR count). The summed E-state index contributed by atoms with van der Waals surface area (Å²) in [5, 5.41) is 14.0. The number of aromatic hydroxyl groups is 1. The van der Waals surface area contributed by atoms with E-state index in [-0.39, 0.29) is 11.2 Å². The number of rotatable bonds is 4. The average molecular weight is 360 g/mol. The van der Waals surface area contributed by atoms with Crippen LogP contribution in [0.5, 0.6) is 5.75 Å². The number of aryl methyl sites for hydroxylation is 1. The first-order chi connectivity index (χ1) is 12.1. The summed E-state index contributed by atoms with van der Waals surface area (Å²) < 4.78 is 5.79. The fourth-order valence-electron chi connectivity index (χ4n) is 3.44. The largest absolute Gasteiger partial charge is 0.507 e. The smallest absolute Gasteiger partial charge is 0.202 e. The average Bonchev–Trinajstić information content (AvgIpc) is 2.64. The quantitative estimate of drug-likeness (QED) is 0.818. The summed E-state index contributed by atoms with van der Waals surface area (Å²) in [6.45, 7) is 4.57. The fraction of sp³-hybridized carbons (Fsp3) is 0.474. The highest BCUT2D eigenvalue weighted by Gasteiger charge is 2.21. The van der Waals surface area contributed by atoms with Crippen molar-refractivity contribution in [1.82, 2.24) is 10.2 Å². The van der Waals surface area contributed by atoms with Gasteiger partial charge in [-0.05, 0) is 44.0 Å². The van der Waals surface area contributed by atoms with Crippen molar-refractivity contribution in [2.24, 2.45) is 0 Å². The molecule has 2 heterocycles. The molecule has 2 aromatic rings. The third-order valence-electron chi connectivity index (χ3n) is 4.89. The zero-order chi connectivity index (χ0) is 18.0. The summed E-state index contributed by atoms with van der Waals surface area (Å²) >= 11 is 5.19. The van der Waals surface area contributed by atoms with Gasteiger partial charge in [0.15, 0.2) is 0 Å². The molecule has 5 nitrogen and oxygen atoms in total. The molecule has 25 heavy (non-hydrogen) atoms. The van der Waals surface area contributed by atoms with E-state index in [9.17, 15) is 9.90 Å². The molecule has 0 atom stereocenters. The summed E-state index contributed by atoms with van der Waals surface area (Å²) in [7, 11) is 1.68. The number of nitrogens with one attached hydrogen (secondary N) is 1. The number of phenols is 1. The Morgan fingerprint density at radius 3 is 2.72 bits per heavy atom. The van der Waals surface area contributed by atoms with Gasteiger partial charge in [0.05, 0.1) is 16.5 Å². The van der Waals surface area contributed by atoms with Gasteiger partial charge < -0.3 is 14.8 Å². The Hall–Kier alpha value is -1.92. The molecule has 1 fully saturated rings. The lowest BCUT2D eigenvalue weighted by Crippen LogP contribution is -2.29. The van der Waals surface area contributed by atoms with Crippen LogP contribution in [0.3, 0.4) is 0 Å². The van der Waals surface area contributed by atoms with Gasteiger partial charge >= 0.3 is 0 Å². The van der Waals surface area contributed by atoms with Gasteiger partial charge in [0.1, 0.15) is 22.6 Å². The Morgan fingerprint density at radius 2 is 2.08 bits per heavy atom. The molecule has 1 aliphatic heterocycles. The van der Waals surface area contributed by atoms with Crippen LogP contribution in [0.25, 0.3) is 11.0 Å². The Morgan fingerprint density at radius 1 is 1.36 bits per heavy atom. The molecular formula is C19H24N2O3S. The topological polar surface area (TPSA) is 65.7 Å². The van der Waals surface area contributed by atoms with Gasteiger partial charge in [0, 0.05) is 13.6 Å². The van der Waals surface area contributed by atoms with Crippen molar-refractivity contribution in [2.45, 2.75) is 39.2 Å². The van der Waals surface area contributed by atoms with E-state index in [1.807, 2.05) is 6.92 Å². The molecule has 134 valence electrons. The summed E-state index contributed by atoms with van der Waals surface area (Å²) in [5.41, 5.74) is 2.12. The number of hydrogen-bond donors (Lipinski definition) is 2. The molecule has 1 saturated heterocycles. The molecule has 1 aromatic heterocycles. The van der Waals surface area contributed by atoms with Crippen molar-refractivity contribution in [3.8, 4) is 5.75 Å². The maximum absolute atomic E-state index is 12.9. The standard InChI is InChI=1S/C19H24N2O3S/c1-3-12-9-13-17(23)15(19(25)20-2)11-24-18(13)14(16(12)22)10-21-7-5-4-6-8-21/h9,11,22H,3-8,10H2,1-2H3,(H,20,25). The van der Waals surface area contributed by atoms with E-state index in [1.54, 1.807) is 13.1 Å². The lowest BCUT2D eigenvalue weighted by molar-refractivity contribution is 0.218. The highest BCUT2D eigenvalue weighted by Crippen LogP contribution is 2.32. The van der Waals surface area contributed by atoms with Gasteiger partial charge in [-0.3, -0.25) is 9.69 Å². The second-order valence-electron chi connectivity index (χ2n) is 6.49. The molecule has 0 bridgehead atoms. The zero-order valence-corrected chi connectivity index (χ0v) is 15.5. The number of benzene rings is 1. The molecular weight excluding hydrogens is 336 g/mol. The van der Waals surface area contributed by atoms with Crippen molar-refractivity contribution >= 4 is 28.2 Å². The molecule has 1 aromatic carbocycles. The molecule has 1 aliphatic rings.